The Morgan fingerprint density at radius 3 is 1.00 bits per heavy atom. The normalized spacial score (nSPS) is 9.62. The van der Waals surface area contributed by atoms with Crippen LogP contribution >= 0.6 is 13.4 Å². The predicted octanol–water partition coefficient (Wildman–Crippen LogP) is 2.39. The first-order chi connectivity index (χ1) is 8.83. The van der Waals surface area contributed by atoms with Crippen LogP contribution < -0.4 is 0 Å². The second-order valence-electron chi connectivity index (χ2n) is 3.44. The summed E-state index contributed by atoms with van der Waals surface area (Å²) in [6.45, 7) is 4.04. The van der Waals surface area contributed by atoms with Crippen molar-refractivity contribution in [1.29, 1.82) is 0 Å². The molecule has 0 unspecified atom stereocenters. The van der Waals surface area contributed by atoms with Crippen LogP contribution in [0.4, 0.5) is 0 Å². The van der Waals surface area contributed by atoms with E-state index in [4.69, 9.17) is 29.4 Å². The minimum absolute atomic E-state index is 0. The van der Waals surface area contributed by atoms with E-state index in [0.717, 1.165) is 12.8 Å². The molecule has 0 heterocycles. The first kappa shape index (κ1) is 34.1. The van der Waals surface area contributed by atoms with Gasteiger partial charge in [-0.1, -0.05) is 39.5 Å². The van der Waals surface area contributed by atoms with Crippen LogP contribution in [0.25, 0.3) is 0 Å². The van der Waals surface area contributed by atoms with Crippen molar-refractivity contribution < 1.29 is 48.8 Å². The van der Waals surface area contributed by atoms with Crippen LogP contribution in [0.15, 0.2) is 0 Å². The van der Waals surface area contributed by atoms with Gasteiger partial charge in [-0.2, -0.15) is 12.8 Å². The topological polar surface area (TPSA) is 121 Å². The van der Waals surface area contributed by atoms with E-state index >= 15 is 0 Å². The molecule has 0 radical (unpaired) electrons. The number of rotatable bonds is 4. The number of hydrogen-bond acceptors (Lipinski definition) is 2. The van der Waals surface area contributed by atoms with Gasteiger partial charge in [0.05, 0.1) is 0 Å². The van der Waals surface area contributed by atoms with Gasteiger partial charge < -0.3 is 43.2 Å². The largest absolute Gasteiger partial charge is 2.00 e. The van der Waals surface area contributed by atoms with Gasteiger partial charge in [-0.15, -0.1) is 0 Å². The fourth-order valence-electron chi connectivity index (χ4n) is 0.427. The third-order valence-electron chi connectivity index (χ3n) is 1.21. The van der Waals surface area contributed by atoms with E-state index in [-0.39, 0.29) is 19.5 Å². The van der Waals surface area contributed by atoms with Crippen molar-refractivity contribution in [2.24, 2.45) is 0 Å². The van der Waals surface area contributed by atoms with Crippen molar-refractivity contribution in [2.75, 3.05) is 0 Å². The minimum atomic E-state index is -3.81. The summed E-state index contributed by atoms with van der Waals surface area (Å²) >= 11 is 7.21. The summed E-state index contributed by atoms with van der Waals surface area (Å²) in [5.74, 6) is 0. The monoisotopic (exact) mass is 434 g/mol. The number of hydrogen-bond donors (Lipinski definition) is 6. The first-order valence-electron chi connectivity index (χ1n) is 5.98. The SMILES string of the molecule is OP(O)(O)=S.OP(O)(O)=S.[CH2-]CCC.[CH2-]CCCCC.[Zn+2]. The molecule has 128 valence electrons. The third kappa shape index (κ3) is 260. The van der Waals surface area contributed by atoms with Crippen LogP contribution in [0.1, 0.15) is 52.4 Å². The molecule has 11 heteroatoms. The Hall–Kier alpha value is 1.68. The van der Waals surface area contributed by atoms with Crippen molar-refractivity contribution in [3.05, 3.63) is 13.8 Å². The van der Waals surface area contributed by atoms with E-state index in [1.807, 2.05) is 0 Å². The zero-order valence-electron chi connectivity index (χ0n) is 12.8. The van der Waals surface area contributed by atoms with Crippen LogP contribution in [0.3, 0.4) is 0 Å². The summed E-state index contributed by atoms with van der Waals surface area (Å²) in [7, 11) is 0. The van der Waals surface area contributed by atoms with Crippen molar-refractivity contribution in [3.8, 4) is 0 Å². The molecule has 0 rings (SSSR count). The fourth-order valence-corrected chi connectivity index (χ4v) is 0.427. The Kier molecular flexibility index (Phi) is 38.9. The molecule has 0 fully saturated rings. The Morgan fingerprint density at radius 1 is 0.714 bits per heavy atom. The Labute approximate surface area is 151 Å². The zero-order valence-corrected chi connectivity index (χ0v) is 19.1. The zero-order chi connectivity index (χ0) is 17.2. The second kappa shape index (κ2) is 23.9. The van der Waals surface area contributed by atoms with Crippen LogP contribution in [-0.2, 0) is 43.1 Å². The average Bonchev–Trinajstić information content (AvgIpc) is 2.22. The van der Waals surface area contributed by atoms with E-state index in [1.165, 1.54) is 25.7 Å². The maximum atomic E-state index is 7.56. The summed E-state index contributed by atoms with van der Waals surface area (Å²) in [4.78, 5) is 45.3. The van der Waals surface area contributed by atoms with E-state index < -0.39 is 13.4 Å². The van der Waals surface area contributed by atoms with Gasteiger partial charge in [-0.3, -0.25) is 0 Å². The average molecular weight is 436 g/mol. The maximum Gasteiger partial charge on any atom is 2.00 e. The molecule has 0 amide bonds. The molecule has 0 aromatic rings. The summed E-state index contributed by atoms with van der Waals surface area (Å²) < 4.78 is 0. The van der Waals surface area contributed by atoms with E-state index in [9.17, 15) is 0 Å². The van der Waals surface area contributed by atoms with Gasteiger partial charge in [0.1, 0.15) is 0 Å². The van der Waals surface area contributed by atoms with E-state index in [2.05, 4.69) is 51.3 Å². The van der Waals surface area contributed by atoms with Crippen LogP contribution in [-0.4, -0.2) is 29.4 Å². The molecular formula is C10H28O6P2S2Zn. The van der Waals surface area contributed by atoms with Gasteiger partial charge in [0.25, 0.3) is 0 Å². The molecule has 0 atom stereocenters. The first-order valence-corrected chi connectivity index (χ1v) is 11.3. The van der Waals surface area contributed by atoms with Gasteiger partial charge in [0.15, 0.2) is 0 Å². The molecule has 0 aliphatic rings. The molecule has 21 heavy (non-hydrogen) atoms. The molecule has 6 N–H and O–H groups in total. The fraction of sp³-hybridized carbons (Fsp3) is 0.800. The van der Waals surface area contributed by atoms with Crippen molar-refractivity contribution in [1.82, 2.24) is 0 Å². The molecule has 0 saturated carbocycles. The smallest absolute Gasteiger partial charge is 0.343 e. The summed E-state index contributed by atoms with van der Waals surface area (Å²) in [6, 6.07) is 0. The van der Waals surface area contributed by atoms with Gasteiger partial charge in [0, 0.05) is 0 Å². The Balaban J connectivity index is -0.0000000539. The summed E-state index contributed by atoms with van der Waals surface area (Å²) in [5.41, 5.74) is 0. The Morgan fingerprint density at radius 2 is 0.952 bits per heavy atom. The molecule has 0 spiro atoms. The van der Waals surface area contributed by atoms with Crippen LogP contribution in [0, 0.1) is 13.8 Å². The van der Waals surface area contributed by atoms with Gasteiger partial charge in [-0.05, 0) is 23.6 Å². The van der Waals surface area contributed by atoms with Crippen LogP contribution in [0.2, 0.25) is 0 Å². The molecular weight excluding hydrogens is 408 g/mol. The molecule has 0 bridgehead atoms. The summed E-state index contributed by atoms with van der Waals surface area (Å²) in [6.07, 6.45) is 7.35. The van der Waals surface area contributed by atoms with Crippen LogP contribution in [0.5, 0.6) is 0 Å². The van der Waals surface area contributed by atoms with Gasteiger partial charge in [-0.25, -0.2) is 0 Å². The van der Waals surface area contributed by atoms with Crippen molar-refractivity contribution in [3.63, 3.8) is 0 Å². The summed E-state index contributed by atoms with van der Waals surface area (Å²) in [5, 5.41) is 0. The Bertz CT molecular complexity index is 217. The minimum Gasteiger partial charge on any atom is -0.343 e. The van der Waals surface area contributed by atoms with Crippen molar-refractivity contribution >= 4 is 37.1 Å². The quantitative estimate of drug-likeness (QED) is 0.172. The standard InChI is InChI=1S/C6H13.C4H9.2H3O3PS.Zn/c1-3-5-6-4-2;1-3-4-2;2*1-4(2,3)5;/h1,3-6H2,2H3;1,3-4H2,2H3;2*(H3,1,2,3,5);/q2*-1;;;+2. The molecule has 6 nitrogen and oxygen atoms in total. The molecule has 0 aromatic heterocycles. The maximum absolute atomic E-state index is 7.56. The predicted molar refractivity (Wildman–Crippen MR) is 91.6 cm³/mol. The van der Waals surface area contributed by atoms with Gasteiger partial charge >= 0.3 is 32.9 Å². The van der Waals surface area contributed by atoms with Crippen molar-refractivity contribution in [2.45, 2.75) is 52.4 Å². The number of unbranched alkanes of at least 4 members (excludes halogenated alkanes) is 4. The second-order valence-corrected chi connectivity index (χ2v) is 8.43. The molecule has 0 saturated heterocycles. The van der Waals surface area contributed by atoms with Gasteiger partial charge in [0.2, 0.25) is 0 Å². The van der Waals surface area contributed by atoms with E-state index in [0.29, 0.717) is 0 Å². The molecule has 0 aromatic carbocycles. The third-order valence-corrected chi connectivity index (χ3v) is 1.21. The molecule has 0 aliphatic carbocycles. The van der Waals surface area contributed by atoms with E-state index in [1.54, 1.807) is 0 Å². The molecule has 0 aliphatic heterocycles.